The number of rotatable bonds is 13. The zero-order valence-corrected chi connectivity index (χ0v) is 20.2. The highest BCUT2D eigenvalue weighted by molar-refractivity contribution is 5.59. The fourth-order valence-electron chi connectivity index (χ4n) is 5.25. The summed E-state index contributed by atoms with van der Waals surface area (Å²) in [6, 6.07) is 13.8. The van der Waals surface area contributed by atoms with Gasteiger partial charge in [0.1, 0.15) is 0 Å². The van der Waals surface area contributed by atoms with Crippen LogP contribution in [0.5, 0.6) is 0 Å². The van der Waals surface area contributed by atoms with E-state index < -0.39 is 0 Å². The molecule has 0 aliphatic heterocycles. The summed E-state index contributed by atoms with van der Waals surface area (Å²) in [4.78, 5) is 4.76. The van der Waals surface area contributed by atoms with E-state index in [1.54, 1.807) is 0 Å². The molecule has 1 aliphatic rings. The van der Waals surface area contributed by atoms with Crippen molar-refractivity contribution in [1.82, 2.24) is 4.98 Å². The summed E-state index contributed by atoms with van der Waals surface area (Å²) in [6.07, 6.45) is 22.7. The average Bonchev–Trinajstić information content (AvgIpc) is 2.83. The van der Waals surface area contributed by atoms with E-state index in [1.807, 2.05) is 0 Å². The summed E-state index contributed by atoms with van der Waals surface area (Å²) < 4.78 is 0. The summed E-state index contributed by atoms with van der Waals surface area (Å²) in [5.41, 5.74) is 5.28. The summed E-state index contributed by atoms with van der Waals surface area (Å²) >= 11 is 0. The van der Waals surface area contributed by atoms with Gasteiger partial charge in [0, 0.05) is 11.8 Å². The molecule has 0 N–H and O–H groups in total. The van der Waals surface area contributed by atoms with Crippen molar-refractivity contribution in [2.24, 2.45) is 5.92 Å². The minimum atomic E-state index is 0.768. The van der Waals surface area contributed by atoms with Gasteiger partial charge in [-0.05, 0) is 67.6 Å². The van der Waals surface area contributed by atoms with Crippen LogP contribution in [-0.2, 0) is 6.42 Å². The minimum absolute atomic E-state index is 0.768. The third kappa shape index (κ3) is 8.09. The van der Waals surface area contributed by atoms with Crippen molar-refractivity contribution in [3.05, 3.63) is 53.7 Å². The minimum Gasteiger partial charge on any atom is -0.256 e. The van der Waals surface area contributed by atoms with E-state index in [-0.39, 0.29) is 0 Å². The first kappa shape index (κ1) is 24.0. The molecule has 1 saturated carbocycles. The number of aryl methyl sites for hydroxylation is 1. The standard InChI is InChI=1S/C30H45N/c1-3-5-7-9-11-13-26-16-23-30(31-24-26)29-21-19-28(20-22-29)27-17-14-25(15-18-27)12-10-8-6-4-2/h16,19-25,27H,3-15,17-18H2,1-2H3. The molecule has 1 nitrogen and oxygen atoms in total. The molecule has 1 aromatic carbocycles. The van der Waals surface area contributed by atoms with Gasteiger partial charge in [-0.1, -0.05) is 102 Å². The molecular weight excluding hydrogens is 374 g/mol. The summed E-state index contributed by atoms with van der Waals surface area (Å²) in [5, 5.41) is 0. The molecule has 0 atom stereocenters. The quantitative estimate of drug-likeness (QED) is 0.294. The number of aromatic nitrogens is 1. The molecule has 2 aromatic rings. The zero-order valence-electron chi connectivity index (χ0n) is 20.2. The number of unbranched alkanes of at least 4 members (excludes halogenated alkanes) is 7. The first-order valence-corrected chi connectivity index (χ1v) is 13.4. The van der Waals surface area contributed by atoms with E-state index in [1.165, 1.54) is 107 Å². The lowest BCUT2D eigenvalue weighted by Crippen LogP contribution is -2.13. The molecule has 0 radical (unpaired) electrons. The highest BCUT2D eigenvalue weighted by Crippen LogP contribution is 2.38. The van der Waals surface area contributed by atoms with E-state index >= 15 is 0 Å². The lowest BCUT2D eigenvalue weighted by molar-refractivity contribution is 0.302. The van der Waals surface area contributed by atoms with E-state index in [0.717, 1.165) is 24.0 Å². The van der Waals surface area contributed by atoms with E-state index in [2.05, 4.69) is 56.4 Å². The van der Waals surface area contributed by atoms with Gasteiger partial charge >= 0.3 is 0 Å². The largest absolute Gasteiger partial charge is 0.256 e. The number of hydrogen-bond donors (Lipinski definition) is 0. The predicted molar refractivity (Wildman–Crippen MR) is 136 cm³/mol. The fourth-order valence-corrected chi connectivity index (χ4v) is 5.25. The molecule has 1 heterocycles. The van der Waals surface area contributed by atoms with E-state index in [0.29, 0.717) is 0 Å². The Morgan fingerprint density at radius 3 is 2.03 bits per heavy atom. The van der Waals surface area contributed by atoms with Crippen LogP contribution in [0.25, 0.3) is 11.3 Å². The Hall–Kier alpha value is -1.63. The smallest absolute Gasteiger partial charge is 0.0702 e. The van der Waals surface area contributed by atoms with Crippen LogP contribution < -0.4 is 0 Å². The van der Waals surface area contributed by atoms with E-state index in [9.17, 15) is 0 Å². The maximum absolute atomic E-state index is 4.76. The normalized spacial score (nSPS) is 18.9. The van der Waals surface area contributed by atoms with Gasteiger partial charge < -0.3 is 0 Å². The fraction of sp³-hybridized carbons (Fsp3) is 0.633. The Morgan fingerprint density at radius 2 is 1.39 bits per heavy atom. The van der Waals surface area contributed by atoms with Gasteiger partial charge in [-0.25, -0.2) is 0 Å². The Kier molecular flexibility index (Phi) is 10.6. The summed E-state index contributed by atoms with van der Waals surface area (Å²) in [5.74, 6) is 1.76. The van der Waals surface area contributed by atoms with Crippen molar-refractivity contribution in [3.63, 3.8) is 0 Å². The lowest BCUT2D eigenvalue weighted by atomic mass is 9.77. The third-order valence-electron chi connectivity index (χ3n) is 7.38. The van der Waals surface area contributed by atoms with E-state index in [4.69, 9.17) is 4.98 Å². The topological polar surface area (TPSA) is 12.9 Å². The number of hydrogen-bond acceptors (Lipinski definition) is 1. The van der Waals surface area contributed by atoms with Crippen molar-refractivity contribution in [3.8, 4) is 11.3 Å². The number of benzene rings is 1. The SMILES string of the molecule is CCCCCCCc1ccc(-c2ccc(C3CCC(CCCCCC)CC3)cc2)nc1. The molecule has 1 aromatic heterocycles. The average molecular weight is 420 g/mol. The van der Waals surface area contributed by atoms with Crippen LogP contribution >= 0.6 is 0 Å². The van der Waals surface area contributed by atoms with Gasteiger partial charge in [-0.2, -0.15) is 0 Å². The van der Waals surface area contributed by atoms with Crippen LogP contribution in [0.3, 0.4) is 0 Å². The molecule has 0 bridgehead atoms. The van der Waals surface area contributed by atoms with Crippen molar-refractivity contribution in [2.75, 3.05) is 0 Å². The van der Waals surface area contributed by atoms with Gasteiger partial charge in [-0.3, -0.25) is 4.98 Å². The monoisotopic (exact) mass is 419 g/mol. The molecule has 0 unspecified atom stereocenters. The second kappa shape index (κ2) is 13.7. The molecular formula is C30H45N. The molecule has 3 rings (SSSR count). The second-order valence-electron chi connectivity index (χ2n) is 9.90. The highest BCUT2D eigenvalue weighted by atomic mass is 14.7. The lowest BCUT2D eigenvalue weighted by Gasteiger charge is -2.29. The molecule has 1 aliphatic carbocycles. The number of pyridine rings is 1. The zero-order chi connectivity index (χ0) is 21.7. The van der Waals surface area contributed by atoms with Crippen LogP contribution in [0, 0.1) is 5.92 Å². The van der Waals surface area contributed by atoms with Crippen molar-refractivity contribution in [2.45, 2.75) is 116 Å². The molecule has 1 fully saturated rings. The van der Waals surface area contributed by atoms with Gasteiger partial charge in [-0.15, -0.1) is 0 Å². The first-order valence-electron chi connectivity index (χ1n) is 13.4. The molecule has 0 saturated heterocycles. The first-order chi connectivity index (χ1) is 15.3. The second-order valence-corrected chi connectivity index (χ2v) is 9.90. The molecule has 1 heteroatoms. The van der Waals surface area contributed by atoms with Crippen molar-refractivity contribution >= 4 is 0 Å². The van der Waals surface area contributed by atoms with Crippen LogP contribution in [0.4, 0.5) is 0 Å². The summed E-state index contributed by atoms with van der Waals surface area (Å²) in [6.45, 7) is 4.58. The van der Waals surface area contributed by atoms with Crippen molar-refractivity contribution in [1.29, 1.82) is 0 Å². The maximum atomic E-state index is 4.76. The Balaban J connectivity index is 1.44. The maximum Gasteiger partial charge on any atom is 0.0702 e. The summed E-state index contributed by atoms with van der Waals surface area (Å²) in [7, 11) is 0. The van der Waals surface area contributed by atoms with Crippen LogP contribution in [-0.4, -0.2) is 4.98 Å². The van der Waals surface area contributed by atoms with Crippen molar-refractivity contribution < 1.29 is 0 Å². The van der Waals surface area contributed by atoms with Crippen LogP contribution in [0.15, 0.2) is 42.6 Å². The van der Waals surface area contributed by atoms with Crippen LogP contribution in [0.1, 0.15) is 121 Å². The Labute approximate surface area is 192 Å². The van der Waals surface area contributed by atoms with Gasteiger partial charge in [0.05, 0.1) is 5.69 Å². The van der Waals surface area contributed by atoms with Gasteiger partial charge in [0.15, 0.2) is 0 Å². The third-order valence-corrected chi connectivity index (χ3v) is 7.38. The molecule has 0 spiro atoms. The molecule has 31 heavy (non-hydrogen) atoms. The Morgan fingerprint density at radius 1 is 0.710 bits per heavy atom. The van der Waals surface area contributed by atoms with Gasteiger partial charge in [0.2, 0.25) is 0 Å². The molecule has 170 valence electrons. The van der Waals surface area contributed by atoms with Gasteiger partial charge in [0.25, 0.3) is 0 Å². The predicted octanol–water partition coefficient (Wildman–Crippen LogP) is 9.51. The highest BCUT2D eigenvalue weighted by Gasteiger charge is 2.22. The van der Waals surface area contributed by atoms with Crippen LogP contribution in [0.2, 0.25) is 0 Å². The Bertz CT molecular complexity index is 707. The molecule has 0 amide bonds. The number of nitrogens with zero attached hydrogens (tertiary/aromatic N) is 1.